The summed E-state index contributed by atoms with van der Waals surface area (Å²) in [5.41, 5.74) is 0. The number of ether oxygens (including phenoxy) is 1. The highest BCUT2D eigenvalue weighted by Crippen LogP contribution is 2.10. The van der Waals surface area contributed by atoms with Crippen LogP contribution in [0.25, 0.3) is 0 Å². The fraction of sp³-hybridized carbons (Fsp3) is 0.929. The van der Waals surface area contributed by atoms with Crippen LogP contribution in [0, 0.1) is 11.8 Å². The van der Waals surface area contributed by atoms with Gasteiger partial charge in [0.25, 0.3) is 0 Å². The maximum Gasteiger partial charge on any atom is 0.224 e. The summed E-state index contributed by atoms with van der Waals surface area (Å²) < 4.78 is 5.34. The zero-order chi connectivity index (χ0) is 13.5. The summed E-state index contributed by atoms with van der Waals surface area (Å²) in [6.45, 7) is 9.64. The molecule has 1 amide bonds. The van der Waals surface area contributed by atoms with Gasteiger partial charge in [-0.3, -0.25) is 9.69 Å². The minimum absolute atomic E-state index is 0.171. The van der Waals surface area contributed by atoms with Gasteiger partial charge in [0.1, 0.15) is 0 Å². The van der Waals surface area contributed by atoms with Crippen molar-refractivity contribution in [2.45, 2.75) is 19.8 Å². The fourth-order valence-corrected chi connectivity index (χ4v) is 2.78. The number of carbonyl (C=O) groups is 1. The second-order valence-corrected chi connectivity index (χ2v) is 5.81. The smallest absolute Gasteiger partial charge is 0.224 e. The van der Waals surface area contributed by atoms with Gasteiger partial charge in [-0.15, -0.1) is 0 Å². The predicted molar refractivity (Wildman–Crippen MR) is 75.0 cm³/mol. The first-order chi connectivity index (χ1) is 9.25. The molecule has 5 heteroatoms. The number of hydrogen-bond donors (Lipinski definition) is 2. The van der Waals surface area contributed by atoms with Gasteiger partial charge in [0.15, 0.2) is 0 Å². The van der Waals surface area contributed by atoms with Crippen LogP contribution < -0.4 is 10.6 Å². The molecule has 19 heavy (non-hydrogen) atoms. The number of nitrogens with zero attached hydrogens (tertiary/aromatic N) is 1. The first-order valence-corrected chi connectivity index (χ1v) is 7.54. The Bertz CT molecular complexity index is 274. The molecule has 2 unspecified atom stereocenters. The summed E-state index contributed by atoms with van der Waals surface area (Å²) in [5.74, 6) is 0.893. The largest absolute Gasteiger partial charge is 0.379 e. The van der Waals surface area contributed by atoms with Gasteiger partial charge in [0.05, 0.1) is 19.1 Å². The standard InChI is InChI=1S/C14H27N3O2/c1-12(11-17-5-7-19-8-6-17)9-16-14(18)13-3-2-4-15-10-13/h12-13,15H,2-11H2,1H3,(H,16,18). The second-order valence-electron chi connectivity index (χ2n) is 5.81. The maximum atomic E-state index is 12.0. The van der Waals surface area contributed by atoms with Crippen LogP contribution in [0.15, 0.2) is 0 Å². The zero-order valence-electron chi connectivity index (χ0n) is 12.0. The Morgan fingerprint density at radius 2 is 2.26 bits per heavy atom. The molecule has 110 valence electrons. The van der Waals surface area contributed by atoms with E-state index in [2.05, 4.69) is 22.5 Å². The van der Waals surface area contributed by atoms with Crippen molar-refractivity contribution in [3.63, 3.8) is 0 Å². The van der Waals surface area contributed by atoms with Crippen molar-refractivity contribution in [2.24, 2.45) is 11.8 Å². The Labute approximate surface area is 116 Å². The lowest BCUT2D eigenvalue weighted by atomic mass is 9.98. The number of piperidine rings is 1. The number of morpholine rings is 1. The third-order valence-corrected chi connectivity index (χ3v) is 3.97. The lowest BCUT2D eigenvalue weighted by molar-refractivity contribution is -0.125. The third kappa shape index (κ3) is 5.09. The molecule has 0 radical (unpaired) electrons. The Balaban J connectivity index is 1.61. The van der Waals surface area contributed by atoms with E-state index in [1.54, 1.807) is 0 Å². The molecule has 2 rings (SSSR count). The monoisotopic (exact) mass is 269 g/mol. The fourth-order valence-electron chi connectivity index (χ4n) is 2.78. The molecular weight excluding hydrogens is 242 g/mol. The molecule has 2 aliphatic rings. The molecule has 0 aromatic rings. The number of nitrogens with one attached hydrogen (secondary N) is 2. The average molecular weight is 269 g/mol. The van der Waals surface area contributed by atoms with E-state index < -0.39 is 0 Å². The van der Waals surface area contributed by atoms with Crippen molar-refractivity contribution >= 4 is 5.91 Å². The molecule has 2 atom stereocenters. The van der Waals surface area contributed by atoms with Crippen LogP contribution in [0.3, 0.4) is 0 Å². The zero-order valence-corrected chi connectivity index (χ0v) is 12.0. The molecule has 2 heterocycles. The van der Waals surface area contributed by atoms with Gasteiger partial charge < -0.3 is 15.4 Å². The molecule has 2 aliphatic heterocycles. The predicted octanol–water partition coefficient (Wildman–Crippen LogP) is 0.0705. The van der Waals surface area contributed by atoms with Gasteiger partial charge in [0, 0.05) is 32.7 Å². The van der Waals surface area contributed by atoms with E-state index in [0.29, 0.717) is 5.92 Å². The molecule has 0 bridgehead atoms. The van der Waals surface area contributed by atoms with E-state index in [1.165, 1.54) is 0 Å². The van der Waals surface area contributed by atoms with E-state index in [9.17, 15) is 4.79 Å². The van der Waals surface area contributed by atoms with Crippen molar-refractivity contribution in [2.75, 3.05) is 52.5 Å². The molecule has 2 fully saturated rings. The van der Waals surface area contributed by atoms with Crippen LogP contribution in [0.5, 0.6) is 0 Å². The van der Waals surface area contributed by atoms with Gasteiger partial charge >= 0.3 is 0 Å². The van der Waals surface area contributed by atoms with Crippen LogP contribution in [-0.4, -0.2) is 63.3 Å². The topological polar surface area (TPSA) is 53.6 Å². The van der Waals surface area contributed by atoms with Crippen LogP contribution in [0.4, 0.5) is 0 Å². The Morgan fingerprint density at radius 1 is 1.47 bits per heavy atom. The molecule has 2 N–H and O–H groups in total. The van der Waals surface area contributed by atoms with Crippen molar-refractivity contribution < 1.29 is 9.53 Å². The number of rotatable bonds is 5. The number of carbonyl (C=O) groups excluding carboxylic acids is 1. The quantitative estimate of drug-likeness (QED) is 0.742. The van der Waals surface area contributed by atoms with Crippen molar-refractivity contribution in [3.8, 4) is 0 Å². The van der Waals surface area contributed by atoms with Gasteiger partial charge in [-0.05, 0) is 25.3 Å². The van der Waals surface area contributed by atoms with Gasteiger partial charge in [-0.2, -0.15) is 0 Å². The lowest BCUT2D eigenvalue weighted by Crippen LogP contribution is -2.44. The summed E-state index contributed by atoms with van der Waals surface area (Å²) >= 11 is 0. The number of amides is 1. The van der Waals surface area contributed by atoms with Crippen LogP contribution in [0.1, 0.15) is 19.8 Å². The molecule has 2 saturated heterocycles. The highest BCUT2D eigenvalue weighted by atomic mass is 16.5. The molecule has 0 aliphatic carbocycles. The summed E-state index contributed by atoms with van der Waals surface area (Å²) in [5, 5.41) is 6.39. The second kappa shape index (κ2) is 7.82. The van der Waals surface area contributed by atoms with E-state index in [-0.39, 0.29) is 11.8 Å². The molecule has 0 saturated carbocycles. The summed E-state index contributed by atoms with van der Waals surface area (Å²) in [4.78, 5) is 14.4. The van der Waals surface area contributed by atoms with Gasteiger partial charge in [-0.1, -0.05) is 6.92 Å². The number of hydrogen-bond acceptors (Lipinski definition) is 4. The van der Waals surface area contributed by atoms with E-state index >= 15 is 0 Å². The molecule has 0 aromatic heterocycles. The summed E-state index contributed by atoms with van der Waals surface area (Å²) in [6.07, 6.45) is 2.14. The van der Waals surface area contributed by atoms with Gasteiger partial charge in [-0.25, -0.2) is 0 Å². The highest BCUT2D eigenvalue weighted by Gasteiger charge is 2.21. The average Bonchev–Trinajstić information content (AvgIpc) is 2.47. The van der Waals surface area contributed by atoms with E-state index in [1.807, 2.05) is 0 Å². The molecule has 0 spiro atoms. The SMILES string of the molecule is CC(CNC(=O)C1CCCNC1)CN1CCOCC1. The van der Waals surface area contributed by atoms with Crippen molar-refractivity contribution in [1.82, 2.24) is 15.5 Å². The highest BCUT2D eigenvalue weighted by molar-refractivity contribution is 5.78. The third-order valence-electron chi connectivity index (χ3n) is 3.97. The van der Waals surface area contributed by atoms with Crippen LogP contribution in [0.2, 0.25) is 0 Å². The van der Waals surface area contributed by atoms with Crippen LogP contribution in [-0.2, 0) is 9.53 Å². The van der Waals surface area contributed by atoms with E-state index in [0.717, 1.165) is 65.3 Å². The molecular formula is C14H27N3O2. The minimum atomic E-state index is 0.171. The Kier molecular flexibility index (Phi) is 6.07. The van der Waals surface area contributed by atoms with Crippen molar-refractivity contribution in [1.29, 1.82) is 0 Å². The lowest BCUT2D eigenvalue weighted by Gasteiger charge is -2.29. The van der Waals surface area contributed by atoms with Gasteiger partial charge in [0.2, 0.25) is 5.91 Å². The summed E-state index contributed by atoms with van der Waals surface area (Å²) in [7, 11) is 0. The summed E-state index contributed by atoms with van der Waals surface area (Å²) in [6, 6.07) is 0. The Hall–Kier alpha value is -0.650. The Morgan fingerprint density at radius 3 is 2.95 bits per heavy atom. The first-order valence-electron chi connectivity index (χ1n) is 7.54. The molecule has 0 aromatic carbocycles. The van der Waals surface area contributed by atoms with Crippen LogP contribution >= 0.6 is 0 Å². The van der Waals surface area contributed by atoms with Crippen molar-refractivity contribution in [3.05, 3.63) is 0 Å². The molecule has 5 nitrogen and oxygen atoms in total. The minimum Gasteiger partial charge on any atom is -0.379 e. The van der Waals surface area contributed by atoms with E-state index in [4.69, 9.17) is 4.74 Å². The first kappa shape index (κ1) is 14.8. The maximum absolute atomic E-state index is 12.0. The normalized spacial score (nSPS) is 26.9.